The number of anilines is 1. The fraction of sp³-hybridized carbons (Fsp3) is 0.625. The largest absolute Gasteiger partial charge is 1.00 e. The minimum atomic E-state index is -0.655. The van der Waals surface area contributed by atoms with E-state index in [9.17, 15) is 34.2 Å². The Labute approximate surface area is 453 Å². The van der Waals surface area contributed by atoms with Crippen molar-refractivity contribution < 1.29 is 152 Å². The average Bonchev–Trinajstić information content (AvgIpc) is 3.11. The van der Waals surface area contributed by atoms with Gasteiger partial charge in [0.15, 0.2) is 0 Å². The number of alkyl carbamates (subject to hydrolysis) is 2. The van der Waals surface area contributed by atoms with Crippen molar-refractivity contribution in [2.45, 2.75) is 135 Å². The Kier molecular flexibility index (Phi) is 24.7. The first-order valence-corrected chi connectivity index (χ1v) is 20.2. The third kappa shape index (κ3) is 19.8. The summed E-state index contributed by atoms with van der Waals surface area (Å²) in [7, 11) is 0. The number of hydrogen-bond donors (Lipinski definition) is 2. The van der Waals surface area contributed by atoms with Gasteiger partial charge >= 0.3 is 115 Å². The number of nitrogens with one attached hydrogen (secondary N) is 2. The van der Waals surface area contributed by atoms with Crippen LogP contribution in [0.1, 0.15) is 114 Å². The predicted octanol–water partition coefficient (Wildman–Crippen LogP) is 3.09. The number of benzene rings is 2. The third-order valence-corrected chi connectivity index (χ3v) is 11.1. The molecule has 2 aromatic rings. The number of nitrogens with zero attached hydrogens (tertiary/aromatic N) is 3. The fourth-order valence-corrected chi connectivity index (χ4v) is 8.40. The van der Waals surface area contributed by atoms with Crippen molar-refractivity contribution in [2.75, 3.05) is 18.0 Å². The Hall–Kier alpha value is -1.21. The van der Waals surface area contributed by atoms with E-state index < -0.39 is 26.9 Å². The van der Waals surface area contributed by atoms with Gasteiger partial charge in [-0.2, -0.15) is 0 Å². The fourth-order valence-electron chi connectivity index (χ4n) is 7.93. The van der Waals surface area contributed by atoms with Crippen LogP contribution in [0, 0.1) is 36.9 Å². The van der Waals surface area contributed by atoms with E-state index in [0.29, 0.717) is 16.5 Å². The molecule has 2 amide bonds. The molecule has 4 fully saturated rings. The Balaban J connectivity index is 0.000000913. The number of non-ortho nitro benzene ring substituents is 2. The summed E-state index contributed by atoms with van der Waals surface area (Å²) in [5.41, 5.74) is 0.599. The summed E-state index contributed by atoms with van der Waals surface area (Å²) in [5.74, 6) is -0.655. The second-order valence-corrected chi connectivity index (χ2v) is 18.3. The molecule has 4 aliphatic rings. The summed E-state index contributed by atoms with van der Waals surface area (Å²) in [6, 6.07) is 8.14. The number of halogens is 3. The number of nitro groups is 2. The van der Waals surface area contributed by atoms with Gasteiger partial charge in [-0.25, -0.2) is 14.0 Å². The van der Waals surface area contributed by atoms with Gasteiger partial charge in [-0.05, 0) is 116 Å². The summed E-state index contributed by atoms with van der Waals surface area (Å²) in [6.45, 7) is 12.8. The molecule has 21 heteroatoms. The van der Waals surface area contributed by atoms with Crippen LogP contribution in [-0.4, -0.2) is 64.9 Å². The van der Waals surface area contributed by atoms with E-state index in [2.05, 4.69) is 20.4 Å². The number of carbonyl (C=O) groups is 3. The molecule has 16 nitrogen and oxygen atoms in total. The van der Waals surface area contributed by atoms with Gasteiger partial charge in [0.05, 0.1) is 25.6 Å². The van der Waals surface area contributed by atoms with Gasteiger partial charge in [0.2, 0.25) is 0 Å². The van der Waals surface area contributed by atoms with Crippen molar-refractivity contribution in [3.63, 3.8) is 0 Å². The molecule has 2 aromatic carbocycles. The Bertz CT molecular complexity index is 1780. The van der Waals surface area contributed by atoms with E-state index in [4.69, 9.17) is 42.7 Å². The standard InChI is InChI=1S/C19H26ClN3O4.C14H25NO2.C6H3ClFNO2.CH2O3.2K.H/c1-18(2,3)27-17(24)21-13-11-19(12-13)6-8-22(9-7-19)16-5-4-14(23(25)26)10-15(16)20;1-13(2,3)17-12(16)15-11-9-14(10-11)7-5-4-6-8-14;7-5-3-4(9(10)11)1-2-6(5)8;2-1-4-3;;;/h4-5,10,13H,6-9,11-12H2,1-3H3,(H,21,24);11H,4-10H2,1-3H3,(H,15,16);1-3H;1,3H;;;/q;;;;2*+1;-1/p-1. The number of piperidine rings is 1. The van der Waals surface area contributed by atoms with Crippen LogP contribution in [0.5, 0.6) is 0 Å². The summed E-state index contributed by atoms with van der Waals surface area (Å²) < 4.78 is 23.0. The molecule has 0 radical (unpaired) electrons. The van der Waals surface area contributed by atoms with Crippen LogP contribution >= 0.6 is 23.2 Å². The molecule has 3 aliphatic carbocycles. The summed E-state index contributed by atoms with van der Waals surface area (Å²) >= 11 is 11.5. The van der Waals surface area contributed by atoms with Crippen molar-refractivity contribution in [2.24, 2.45) is 10.8 Å². The van der Waals surface area contributed by atoms with Gasteiger partial charge in [0.25, 0.3) is 17.8 Å². The molecular weight excluding hydrogens is 895 g/mol. The van der Waals surface area contributed by atoms with E-state index in [1.165, 1.54) is 44.2 Å². The maximum Gasteiger partial charge on any atom is 1.00 e. The quantitative estimate of drug-likeness (QED) is 0.141. The topological polar surface area (TPSA) is 216 Å². The first-order valence-electron chi connectivity index (χ1n) is 19.5. The molecule has 330 valence electrons. The molecular formula is C40H56Cl2FK2N5O11. The molecule has 2 spiro atoms. The van der Waals surface area contributed by atoms with Crippen molar-refractivity contribution >= 4 is 58.9 Å². The van der Waals surface area contributed by atoms with Crippen LogP contribution in [0.15, 0.2) is 36.4 Å². The number of rotatable bonds is 6. The van der Waals surface area contributed by atoms with Crippen LogP contribution in [-0.2, 0) is 19.2 Å². The molecule has 3 saturated carbocycles. The predicted molar refractivity (Wildman–Crippen MR) is 219 cm³/mol. The van der Waals surface area contributed by atoms with Gasteiger partial charge in [-0.3, -0.25) is 25.0 Å². The molecule has 6 rings (SSSR count). The molecule has 0 aromatic heterocycles. The molecule has 61 heavy (non-hydrogen) atoms. The number of ether oxygens (including phenoxy) is 2. The molecule has 1 heterocycles. The van der Waals surface area contributed by atoms with Crippen molar-refractivity contribution in [3.05, 3.63) is 72.5 Å². The monoisotopic (exact) mass is 949 g/mol. The zero-order valence-corrected chi connectivity index (χ0v) is 44.1. The van der Waals surface area contributed by atoms with Crippen molar-refractivity contribution in [3.8, 4) is 0 Å². The Morgan fingerprint density at radius 1 is 0.770 bits per heavy atom. The van der Waals surface area contributed by atoms with E-state index >= 15 is 0 Å². The zero-order chi connectivity index (χ0) is 44.2. The summed E-state index contributed by atoms with van der Waals surface area (Å²) in [5, 5.41) is 35.5. The molecule has 1 aliphatic heterocycles. The second kappa shape index (κ2) is 26.1. The first kappa shape index (κ1) is 57.8. The zero-order valence-electron chi connectivity index (χ0n) is 37.4. The number of carbonyl (C=O) groups excluding carboxylic acids is 3. The van der Waals surface area contributed by atoms with Gasteiger partial charge in [0.1, 0.15) is 17.0 Å². The van der Waals surface area contributed by atoms with Gasteiger partial charge in [-0.1, -0.05) is 42.5 Å². The number of hydrogen-bond acceptors (Lipinski definition) is 12. The summed E-state index contributed by atoms with van der Waals surface area (Å²) in [4.78, 5) is 56.8. The first-order chi connectivity index (χ1) is 27.5. The SMILES string of the molecule is CC(C)(C)OC(=O)NC1CC2(CCCCC2)C1.CC(C)(C)OC(=O)NC1CC2(CCN(c3ccc([N+](=O)[O-])cc3Cl)CC2)C1.O=CO[O-].O=[N+]([O-])c1ccc(F)c(Cl)c1.[H-].[K+].[K+]. The third-order valence-electron chi connectivity index (χ3n) is 10.5. The van der Waals surface area contributed by atoms with E-state index in [-0.39, 0.29) is 151 Å². The minimum absolute atomic E-state index is 0. The Morgan fingerprint density at radius 3 is 1.52 bits per heavy atom. The number of amides is 2. The average molecular weight is 951 g/mol. The molecule has 0 atom stereocenters. The van der Waals surface area contributed by atoms with Crippen LogP contribution in [0.3, 0.4) is 0 Å². The second-order valence-electron chi connectivity index (χ2n) is 17.5. The van der Waals surface area contributed by atoms with Gasteiger partial charge in [0, 0.05) is 49.4 Å². The van der Waals surface area contributed by atoms with Crippen LogP contribution < -0.4 is 124 Å². The molecule has 1 saturated heterocycles. The molecule has 0 bridgehead atoms. The molecule has 0 unspecified atom stereocenters. The van der Waals surface area contributed by atoms with E-state index in [1.807, 2.05) is 41.5 Å². The van der Waals surface area contributed by atoms with Crippen LogP contribution in [0.25, 0.3) is 0 Å². The smallest absolute Gasteiger partial charge is 1.00 e. The maximum absolute atomic E-state index is 12.4. The summed E-state index contributed by atoms with van der Waals surface area (Å²) in [6.07, 6.45) is 12.6. The molecule has 2 N–H and O–H groups in total. The van der Waals surface area contributed by atoms with E-state index in [1.54, 1.807) is 6.07 Å². The normalized spacial score (nSPS) is 18.3. The number of nitro benzene ring substituents is 2. The van der Waals surface area contributed by atoms with Gasteiger partial charge in [-0.15, -0.1) is 0 Å². The van der Waals surface area contributed by atoms with Crippen LogP contribution in [0.2, 0.25) is 10.0 Å². The van der Waals surface area contributed by atoms with Crippen molar-refractivity contribution in [1.82, 2.24) is 10.6 Å². The van der Waals surface area contributed by atoms with Crippen LogP contribution in [0.4, 0.5) is 31.0 Å². The van der Waals surface area contributed by atoms with Gasteiger partial charge < -0.3 is 36.6 Å². The maximum atomic E-state index is 12.4. The van der Waals surface area contributed by atoms with Crippen molar-refractivity contribution in [1.29, 1.82) is 0 Å². The minimum Gasteiger partial charge on any atom is -1.00 e. The van der Waals surface area contributed by atoms with E-state index in [0.717, 1.165) is 75.5 Å². The Morgan fingerprint density at radius 2 is 1.16 bits per heavy atom.